The number of thioether (sulfide) groups is 1. The molecule has 0 spiro atoms. The summed E-state index contributed by atoms with van der Waals surface area (Å²) in [6.45, 7) is 0.745. The van der Waals surface area contributed by atoms with E-state index < -0.39 is 0 Å². The summed E-state index contributed by atoms with van der Waals surface area (Å²) in [5.74, 6) is 1.62. The molecule has 18 heavy (non-hydrogen) atoms. The van der Waals surface area contributed by atoms with Crippen LogP contribution in [0.25, 0.3) is 0 Å². The fraction of sp³-hybridized carbons (Fsp3) is 0.500. The third-order valence-electron chi connectivity index (χ3n) is 2.49. The van der Waals surface area contributed by atoms with Crippen LogP contribution >= 0.6 is 23.4 Å². The summed E-state index contributed by atoms with van der Waals surface area (Å²) in [6.07, 6.45) is 3.05. The van der Waals surface area contributed by atoms with Crippen LogP contribution in [0.4, 0.5) is 5.82 Å². The summed E-state index contributed by atoms with van der Waals surface area (Å²) in [7, 11) is 3.55. The van der Waals surface area contributed by atoms with E-state index in [1.807, 2.05) is 0 Å². The molecule has 1 heterocycles. The number of hydrogen-bond acceptors (Lipinski definition) is 4. The van der Waals surface area contributed by atoms with Crippen LogP contribution in [0, 0.1) is 0 Å². The number of hydrogen-bond donors (Lipinski definition) is 1. The predicted molar refractivity (Wildman–Crippen MR) is 78.8 cm³/mol. The maximum atomic E-state index is 12.2. The molecule has 1 aromatic rings. The van der Waals surface area contributed by atoms with Crippen LogP contribution in [0.5, 0.6) is 0 Å². The number of nitrogens with zero attached hydrogens (tertiary/aromatic N) is 2. The highest BCUT2D eigenvalue weighted by Gasteiger charge is 2.13. The standard InChI is InChI=1S/C12H18ClN3OS/c1-14-11-8-9(7-10(13)15-11)12(17)16(2)5-4-6-18-3/h7-8H,4-6H2,1-3H3,(H,14,15). The Hall–Kier alpha value is -0.940. The molecule has 0 unspecified atom stereocenters. The molecular formula is C12H18ClN3OS. The van der Waals surface area contributed by atoms with Gasteiger partial charge in [0.2, 0.25) is 0 Å². The average molecular weight is 288 g/mol. The lowest BCUT2D eigenvalue weighted by Gasteiger charge is -2.17. The van der Waals surface area contributed by atoms with Gasteiger partial charge in [-0.1, -0.05) is 11.6 Å². The highest BCUT2D eigenvalue weighted by Crippen LogP contribution is 2.15. The number of amides is 1. The maximum absolute atomic E-state index is 12.2. The van der Waals surface area contributed by atoms with Gasteiger partial charge in [-0.3, -0.25) is 4.79 Å². The van der Waals surface area contributed by atoms with Crippen LogP contribution in [0.1, 0.15) is 16.8 Å². The first-order chi connectivity index (χ1) is 8.58. The van der Waals surface area contributed by atoms with Gasteiger partial charge >= 0.3 is 0 Å². The molecule has 1 rings (SSSR count). The molecule has 0 atom stereocenters. The second kappa shape index (κ2) is 7.48. The monoisotopic (exact) mass is 287 g/mol. The molecule has 1 amide bonds. The van der Waals surface area contributed by atoms with E-state index in [2.05, 4.69) is 16.6 Å². The molecule has 1 N–H and O–H groups in total. The van der Waals surface area contributed by atoms with Crippen molar-refractivity contribution in [1.82, 2.24) is 9.88 Å². The molecule has 4 nitrogen and oxygen atoms in total. The van der Waals surface area contributed by atoms with E-state index in [1.165, 1.54) is 0 Å². The Bertz CT molecular complexity index is 414. The van der Waals surface area contributed by atoms with Gasteiger partial charge in [-0.05, 0) is 30.6 Å². The van der Waals surface area contributed by atoms with Crippen molar-refractivity contribution in [2.45, 2.75) is 6.42 Å². The molecule has 0 aliphatic rings. The minimum Gasteiger partial charge on any atom is -0.373 e. The van der Waals surface area contributed by atoms with E-state index in [0.29, 0.717) is 16.5 Å². The number of anilines is 1. The molecule has 100 valence electrons. The molecule has 0 radical (unpaired) electrons. The zero-order valence-corrected chi connectivity index (χ0v) is 12.4. The van der Waals surface area contributed by atoms with Crippen molar-refractivity contribution >= 4 is 35.1 Å². The largest absolute Gasteiger partial charge is 0.373 e. The van der Waals surface area contributed by atoms with Gasteiger partial charge in [0, 0.05) is 26.2 Å². The summed E-state index contributed by atoms with van der Waals surface area (Å²) in [5.41, 5.74) is 0.561. The zero-order valence-electron chi connectivity index (χ0n) is 10.9. The number of aromatic nitrogens is 1. The minimum atomic E-state index is -0.0306. The van der Waals surface area contributed by atoms with Gasteiger partial charge < -0.3 is 10.2 Å². The quantitative estimate of drug-likeness (QED) is 0.645. The molecule has 0 aliphatic carbocycles. The lowest BCUT2D eigenvalue weighted by atomic mass is 10.2. The molecule has 6 heteroatoms. The molecule has 0 saturated heterocycles. The summed E-state index contributed by atoms with van der Waals surface area (Å²) >= 11 is 7.66. The van der Waals surface area contributed by atoms with Crippen molar-refractivity contribution in [3.63, 3.8) is 0 Å². The second-order valence-electron chi connectivity index (χ2n) is 3.89. The van der Waals surface area contributed by atoms with Crippen LogP contribution in [0.15, 0.2) is 12.1 Å². The van der Waals surface area contributed by atoms with Gasteiger partial charge in [0.05, 0.1) is 0 Å². The number of rotatable bonds is 6. The molecule has 1 aromatic heterocycles. The predicted octanol–water partition coefficient (Wildman–Crippen LogP) is 2.60. The van der Waals surface area contributed by atoms with Gasteiger partial charge in [-0.15, -0.1) is 0 Å². The van der Waals surface area contributed by atoms with Crippen molar-refractivity contribution < 1.29 is 4.79 Å². The zero-order chi connectivity index (χ0) is 13.5. The van der Waals surface area contributed by atoms with Crippen molar-refractivity contribution in [2.24, 2.45) is 0 Å². The first kappa shape index (κ1) is 15.1. The lowest BCUT2D eigenvalue weighted by molar-refractivity contribution is 0.0795. The Balaban J connectivity index is 2.73. The van der Waals surface area contributed by atoms with Gasteiger partial charge in [-0.25, -0.2) is 4.98 Å². The van der Waals surface area contributed by atoms with Crippen LogP contribution < -0.4 is 5.32 Å². The number of halogens is 1. The highest BCUT2D eigenvalue weighted by molar-refractivity contribution is 7.98. The van der Waals surface area contributed by atoms with E-state index >= 15 is 0 Å². The highest BCUT2D eigenvalue weighted by atomic mass is 35.5. The Morgan fingerprint density at radius 1 is 1.56 bits per heavy atom. The lowest BCUT2D eigenvalue weighted by Crippen LogP contribution is -2.28. The van der Waals surface area contributed by atoms with E-state index in [-0.39, 0.29) is 5.91 Å². The van der Waals surface area contributed by atoms with Gasteiger partial charge in [-0.2, -0.15) is 11.8 Å². The summed E-state index contributed by atoms with van der Waals surface area (Å²) in [4.78, 5) is 17.9. The minimum absolute atomic E-state index is 0.0306. The fourth-order valence-electron chi connectivity index (χ4n) is 1.52. The molecule has 0 bridgehead atoms. The SMILES string of the molecule is CNc1cc(C(=O)N(C)CCCSC)cc(Cl)n1. The molecule has 0 fully saturated rings. The summed E-state index contributed by atoms with van der Waals surface area (Å²) in [5, 5.41) is 3.21. The Kier molecular flexibility index (Phi) is 6.29. The first-order valence-corrected chi connectivity index (χ1v) is 7.45. The number of nitrogens with one attached hydrogen (secondary N) is 1. The van der Waals surface area contributed by atoms with Gasteiger partial charge in [0.25, 0.3) is 5.91 Å². The molecule has 0 aromatic carbocycles. The Morgan fingerprint density at radius 3 is 2.89 bits per heavy atom. The number of carbonyl (C=O) groups is 1. The molecule has 0 aliphatic heterocycles. The molecular weight excluding hydrogens is 270 g/mol. The fourth-order valence-corrected chi connectivity index (χ4v) is 2.14. The third-order valence-corrected chi connectivity index (χ3v) is 3.38. The smallest absolute Gasteiger partial charge is 0.253 e. The van der Waals surface area contributed by atoms with Gasteiger partial charge in [0.1, 0.15) is 11.0 Å². The van der Waals surface area contributed by atoms with E-state index in [9.17, 15) is 4.79 Å². The van der Waals surface area contributed by atoms with Crippen LogP contribution in [-0.4, -0.2) is 48.4 Å². The van der Waals surface area contributed by atoms with Crippen molar-refractivity contribution in [1.29, 1.82) is 0 Å². The Morgan fingerprint density at radius 2 is 2.28 bits per heavy atom. The maximum Gasteiger partial charge on any atom is 0.253 e. The second-order valence-corrected chi connectivity index (χ2v) is 5.26. The van der Waals surface area contributed by atoms with E-state index in [4.69, 9.17) is 11.6 Å². The Labute approximate surface area is 117 Å². The number of pyridine rings is 1. The summed E-state index contributed by atoms with van der Waals surface area (Å²) < 4.78 is 0. The van der Waals surface area contributed by atoms with Crippen molar-refractivity contribution in [3.8, 4) is 0 Å². The average Bonchev–Trinajstić information content (AvgIpc) is 2.37. The van der Waals surface area contributed by atoms with Crippen LogP contribution in [0.3, 0.4) is 0 Å². The third kappa shape index (κ3) is 4.38. The first-order valence-electron chi connectivity index (χ1n) is 5.68. The normalized spacial score (nSPS) is 10.2. The van der Waals surface area contributed by atoms with Crippen molar-refractivity contribution in [3.05, 3.63) is 22.8 Å². The summed E-state index contributed by atoms with van der Waals surface area (Å²) in [6, 6.07) is 3.30. The topological polar surface area (TPSA) is 45.2 Å². The van der Waals surface area contributed by atoms with E-state index in [1.54, 1.807) is 42.9 Å². The molecule has 0 saturated carbocycles. The van der Waals surface area contributed by atoms with Crippen LogP contribution in [-0.2, 0) is 0 Å². The van der Waals surface area contributed by atoms with E-state index in [0.717, 1.165) is 18.7 Å². The number of carbonyl (C=O) groups excluding carboxylic acids is 1. The van der Waals surface area contributed by atoms with Crippen molar-refractivity contribution in [2.75, 3.05) is 38.0 Å². The van der Waals surface area contributed by atoms with Crippen LogP contribution in [0.2, 0.25) is 5.15 Å². The van der Waals surface area contributed by atoms with Gasteiger partial charge in [0.15, 0.2) is 0 Å².